The Labute approximate surface area is 126 Å². The molecule has 1 rings (SSSR count). The third kappa shape index (κ3) is 4.94. The second kappa shape index (κ2) is 6.71. The summed E-state index contributed by atoms with van der Waals surface area (Å²) in [6.45, 7) is 1.50. The minimum absolute atomic E-state index is 0.125. The summed E-state index contributed by atoms with van der Waals surface area (Å²) in [4.78, 5) is -0.141. The Kier molecular flexibility index (Phi) is 5.71. The average molecular weight is 340 g/mol. The van der Waals surface area contributed by atoms with E-state index in [9.17, 15) is 21.6 Å². The van der Waals surface area contributed by atoms with E-state index in [-0.39, 0.29) is 18.0 Å². The van der Waals surface area contributed by atoms with Gasteiger partial charge in [0.1, 0.15) is 5.25 Å². The van der Waals surface area contributed by atoms with Crippen LogP contribution in [0.25, 0.3) is 0 Å². The normalized spacial score (nSPS) is 13.9. The fourth-order valence-corrected chi connectivity index (χ4v) is 3.53. The third-order valence-corrected chi connectivity index (χ3v) is 5.14. The van der Waals surface area contributed by atoms with Crippen LogP contribution < -0.4 is 10.5 Å². The Morgan fingerprint density at radius 1 is 1.33 bits per heavy atom. The molecule has 9 heteroatoms. The number of thiocarbonyl (C=S) groups is 1. The molecule has 1 aromatic carbocycles. The van der Waals surface area contributed by atoms with Gasteiger partial charge >= 0.3 is 6.18 Å². The van der Waals surface area contributed by atoms with Crippen molar-refractivity contribution < 1.29 is 21.6 Å². The number of nitrogens with one attached hydrogen (secondary N) is 1. The van der Waals surface area contributed by atoms with E-state index in [1.807, 2.05) is 0 Å². The van der Waals surface area contributed by atoms with Gasteiger partial charge in [0.15, 0.2) is 0 Å². The molecule has 0 aliphatic rings. The Bertz CT molecular complexity index is 598. The summed E-state index contributed by atoms with van der Waals surface area (Å²) >= 11 is 4.69. The van der Waals surface area contributed by atoms with Gasteiger partial charge in [-0.05, 0) is 24.1 Å². The van der Waals surface area contributed by atoms with E-state index in [0.717, 1.165) is 12.1 Å². The molecule has 0 fully saturated rings. The van der Waals surface area contributed by atoms with Crippen LogP contribution in [0.1, 0.15) is 24.5 Å². The van der Waals surface area contributed by atoms with Crippen molar-refractivity contribution >= 4 is 27.2 Å². The molecule has 3 N–H and O–H groups in total. The third-order valence-electron chi connectivity index (χ3n) is 2.82. The Morgan fingerprint density at radius 2 is 1.86 bits per heavy atom. The molecule has 0 radical (unpaired) electrons. The highest BCUT2D eigenvalue weighted by atomic mass is 32.2. The standard InChI is InChI=1S/C12H15F3N2O2S2/c1-2-10(11(16)20)21(18,19)17-7-8-3-5-9(6-4-8)12(13,14)15/h3-6,10,17H,2,7H2,1H3,(H2,16,20). The average Bonchev–Trinajstić information content (AvgIpc) is 2.36. The van der Waals surface area contributed by atoms with Crippen molar-refractivity contribution in [2.75, 3.05) is 0 Å². The van der Waals surface area contributed by atoms with E-state index in [4.69, 9.17) is 5.73 Å². The number of sulfonamides is 1. The summed E-state index contributed by atoms with van der Waals surface area (Å²) in [5.41, 5.74) is 4.98. The highest BCUT2D eigenvalue weighted by molar-refractivity contribution is 7.93. The van der Waals surface area contributed by atoms with Gasteiger partial charge < -0.3 is 5.73 Å². The van der Waals surface area contributed by atoms with E-state index in [0.29, 0.717) is 5.56 Å². The van der Waals surface area contributed by atoms with Crippen molar-refractivity contribution in [1.82, 2.24) is 4.72 Å². The predicted octanol–water partition coefficient (Wildman–Crippen LogP) is 2.19. The van der Waals surface area contributed by atoms with Crippen LogP contribution in [0.4, 0.5) is 13.2 Å². The van der Waals surface area contributed by atoms with E-state index in [2.05, 4.69) is 16.9 Å². The van der Waals surface area contributed by atoms with Crippen molar-refractivity contribution in [3.8, 4) is 0 Å². The molecule has 1 atom stereocenters. The van der Waals surface area contributed by atoms with E-state index in [1.54, 1.807) is 6.92 Å². The minimum Gasteiger partial charge on any atom is -0.392 e. The summed E-state index contributed by atoms with van der Waals surface area (Å²) in [5.74, 6) is 0. The van der Waals surface area contributed by atoms with E-state index < -0.39 is 27.0 Å². The first-order chi connectivity index (χ1) is 9.58. The molecule has 0 saturated heterocycles. The monoisotopic (exact) mass is 340 g/mol. The van der Waals surface area contributed by atoms with E-state index in [1.165, 1.54) is 12.1 Å². The lowest BCUT2D eigenvalue weighted by molar-refractivity contribution is -0.137. The van der Waals surface area contributed by atoms with Gasteiger partial charge in [0, 0.05) is 6.54 Å². The van der Waals surface area contributed by atoms with E-state index >= 15 is 0 Å². The smallest absolute Gasteiger partial charge is 0.392 e. The second-order valence-electron chi connectivity index (χ2n) is 4.36. The zero-order valence-corrected chi connectivity index (χ0v) is 12.8. The zero-order chi connectivity index (χ0) is 16.3. The number of rotatable bonds is 6. The van der Waals surface area contributed by atoms with Crippen LogP contribution in [0.2, 0.25) is 0 Å². The lowest BCUT2D eigenvalue weighted by Gasteiger charge is -2.15. The maximum absolute atomic E-state index is 12.4. The van der Waals surface area contributed by atoms with Crippen LogP contribution in [0.3, 0.4) is 0 Å². The van der Waals surface area contributed by atoms with Crippen molar-refractivity contribution in [2.45, 2.75) is 31.3 Å². The first kappa shape index (κ1) is 17.9. The van der Waals surface area contributed by atoms with Crippen LogP contribution >= 0.6 is 12.2 Å². The number of hydrogen-bond donors (Lipinski definition) is 2. The topological polar surface area (TPSA) is 72.2 Å². The Hall–Kier alpha value is -1.19. The zero-order valence-electron chi connectivity index (χ0n) is 11.1. The van der Waals surface area contributed by atoms with Crippen LogP contribution in [0.15, 0.2) is 24.3 Å². The van der Waals surface area contributed by atoms with Crippen LogP contribution in [-0.4, -0.2) is 18.7 Å². The van der Waals surface area contributed by atoms with Crippen molar-refractivity contribution in [3.05, 3.63) is 35.4 Å². The molecule has 0 aliphatic heterocycles. The maximum Gasteiger partial charge on any atom is 0.416 e. The Balaban J connectivity index is 2.78. The van der Waals surface area contributed by atoms with Gasteiger partial charge in [-0.1, -0.05) is 31.3 Å². The minimum atomic E-state index is -4.42. The molecule has 0 aromatic heterocycles. The number of alkyl halides is 3. The molecule has 118 valence electrons. The SMILES string of the molecule is CCC(C(N)=S)S(=O)(=O)NCc1ccc(C(F)(F)F)cc1. The number of halogens is 3. The second-order valence-corrected chi connectivity index (χ2v) is 6.78. The van der Waals surface area contributed by atoms with Gasteiger partial charge in [-0.25, -0.2) is 13.1 Å². The summed E-state index contributed by atoms with van der Waals surface area (Å²) in [5, 5.41) is -0.998. The van der Waals surface area contributed by atoms with Gasteiger partial charge in [0.25, 0.3) is 0 Å². The number of benzene rings is 1. The number of hydrogen-bond acceptors (Lipinski definition) is 3. The molecule has 0 bridgehead atoms. The molecule has 0 heterocycles. The Morgan fingerprint density at radius 3 is 2.24 bits per heavy atom. The fourth-order valence-electron chi connectivity index (χ4n) is 1.67. The largest absolute Gasteiger partial charge is 0.416 e. The first-order valence-electron chi connectivity index (χ1n) is 6.02. The highest BCUT2D eigenvalue weighted by Crippen LogP contribution is 2.29. The molecular weight excluding hydrogens is 325 g/mol. The molecule has 0 spiro atoms. The first-order valence-corrected chi connectivity index (χ1v) is 7.97. The molecule has 0 amide bonds. The molecule has 1 unspecified atom stereocenters. The predicted molar refractivity (Wildman–Crippen MR) is 78.1 cm³/mol. The lowest BCUT2D eigenvalue weighted by Crippen LogP contribution is -2.41. The van der Waals surface area contributed by atoms with Gasteiger partial charge in [-0.15, -0.1) is 0 Å². The summed E-state index contributed by atoms with van der Waals surface area (Å²) in [6, 6.07) is 4.23. The highest BCUT2D eigenvalue weighted by Gasteiger charge is 2.30. The fraction of sp³-hybridized carbons (Fsp3) is 0.417. The van der Waals surface area contributed by atoms with Crippen molar-refractivity contribution in [1.29, 1.82) is 0 Å². The van der Waals surface area contributed by atoms with Gasteiger partial charge in [0.05, 0.1) is 10.6 Å². The lowest BCUT2D eigenvalue weighted by atomic mass is 10.1. The van der Waals surface area contributed by atoms with Crippen LogP contribution in [0.5, 0.6) is 0 Å². The summed E-state index contributed by atoms with van der Waals surface area (Å²) in [6.07, 6.45) is -4.20. The molecule has 1 aromatic rings. The molecule has 4 nitrogen and oxygen atoms in total. The van der Waals surface area contributed by atoms with Crippen LogP contribution in [-0.2, 0) is 22.7 Å². The molecule has 0 saturated carbocycles. The van der Waals surface area contributed by atoms with Crippen molar-refractivity contribution in [3.63, 3.8) is 0 Å². The maximum atomic E-state index is 12.4. The van der Waals surface area contributed by atoms with Gasteiger partial charge in [-0.2, -0.15) is 13.2 Å². The quantitative estimate of drug-likeness (QED) is 0.779. The number of nitrogens with two attached hydrogens (primary N) is 1. The van der Waals surface area contributed by atoms with Crippen LogP contribution in [0, 0.1) is 0 Å². The van der Waals surface area contributed by atoms with Gasteiger partial charge in [-0.3, -0.25) is 0 Å². The van der Waals surface area contributed by atoms with Crippen molar-refractivity contribution in [2.24, 2.45) is 5.73 Å². The summed E-state index contributed by atoms with van der Waals surface area (Å²) in [7, 11) is -3.75. The molecular formula is C12H15F3N2O2S2. The molecule has 21 heavy (non-hydrogen) atoms. The summed E-state index contributed by atoms with van der Waals surface area (Å²) < 4.78 is 63.4. The van der Waals surface area contributed by atoms with Gasteiger partial charge in [0.2, 0.25) is 10.0 Å². The molecule has 0 aliphatic carbocycles.